The van der Waals surface area contributed by atoms with Crippen LogP contribution in [-0.2, 0) is 19.1 Å². The van der Waals surface area contributed by atoms with Gasteiger partial charge in [0.15, 0.2) is 0 Å². The molecular weight excluding hydrogens is 610 g/mol. The number of carbonyl (C=O) groups is 2. The topological polar surface area (TPSA) is 65.1 Å². The van der Waals surface area contributed by atoms with E-state index in [1.807, 2.05) is 0 Å². The molecule has 0 unspecified atom stereocenters. The summed E-state index contributed by atoms with van der Waals surface area (Å²) in [5.74, 6) is 1.92. The third-order valence-electron chi connectivity index (χ3n) is 11.3. The predicted molar refractivity (Wildman–Crippen MR) is 200 cm³/mol. The molecule has 2 aromatic rings. The second-order valence-electron chi connectivity index (χ2n) is 16.0. The van der Waals surface area contributed by atoms with Gasteiger partial charge in [0.25, 0.3) is 0 Å². The Kier molecular flexibility index (Phi) is 15.1. The van der Waals surface area contributed by atoms with Crippen LogP contribution in [0.5, 0.6) is 5.75 Å². The number of piperidine rings is 1. The number of unbranched alkanes of at least 4 members (excludes halogenated alkanes) is 5. The quantitative estimate of drug-likeness (QED) is 0.116. The van der Waals surface area contributed by atoms with Crippen LogP contribution in [0.1, 0.15) is 149 Å². The van der Waals surface area contributed by atoms with Gasteiger partial charge in [0, 0.05) is 23.9 Å². The maximum atomic E-state index is 12.4. The minimum absolute atomic E-state index is 0.0526. The Bertz CT molecular complexity index is 1260. The Hall–Kier alpha value is -2.86. The van der Waals surface area contributed by atoms with Gasteiger partial charge in [0.2, 0.25) is 0 Å². The predicted octanol–water partition coefficient (Wildman–Crippen LogP) is 10.7. The van der Waals surface area contributed by atoms with Crippen molar-refractivity contribution in [1.82, 2.24) is 4.90 Å². The molecular formula is C43H65NO5. The molecule has 0 amide bonds. The maximum Gasteiger partial charge on any atom is 0.306 e. The van der Waals surface area contributed by atoms with Crippen molar-refractivity contribution in [3.63, 3.8) is 0 Å². The summed E-state index contributed by atoms with van der Waals surface area (Å²) in [4.78, 5) is 26.9. The summed E-state index contributed by atoms with van der Waals surface area (Å²) in [7, 11) is 2.13. The lowest BCUT2D eigenvalue weighted by Gasteiger charge is -2.53. The van der Waals surface area contributed by atoms with Crippen molar-refractivity contribution in [1.29, 1.82) is 0 Å². The van der Waals surface area contributed by atoms with E-state index < -0.39 is 0 Å². The van der Waals surface area contributed by atoms with E-state index in [0.29, 0.717) is 13.2 Å². The lowest BCUT2D eigenvalue weighted by molar-refractivity contribution is -0.161. The van der Waals surface area contributed by atoms with Crippen LogP contribution in [0.4, 0.5) is 0 Å². The molecule has 6 nitrogen and oxygen atoms in total. The van der Waals surface area contributed by atoms with Gasteiger partial charge in [-0.25, -0.2) is 0 Å². The summed E-state index contributed by atoms with van der Waals surface area (Å²) in [6, 6.07) is 17.7. The van der Waals surface area contributed by atoms with Crippen LogP contribution in [0.25, 0.3) is 11.1 Å². The highest BCUT2D eigenvalue weighted by Gasteiger charge is 2.44. The Morgan fingerprint density at radius 2 is 1.29 bits per heavy atom. The second-order valence-corrected chi connectivity index (χ2v) is 16.0. The average Bonchev–Trinajstić information content (AvgIpc) is 3.08. The van der Waals surface area contributed by atoms with Crippen molar-refractivity contribution in [2.75, 3.05) is 20.3 Å². The summed E-state index contributed by atoms with van der Waals surface area (Å²) >= 11 is 0. The molecule has 4 rings (SSSR count). The van der Waals surface area contributed by atoms with E-state index in [4.69, 9.17) is 14.2 Å². The van der Waals surface area contributed by atoms with Gasteiger partial charge in [0.05, 0.1) is 26.1 Å². The third kappa shape index (κ3) is 12.5. The van der Waals surface area contributed by atoms with Crippen LogP contribution in [0.3, 0.4) is 0 Å². The first-order valence-electron chi connectivity index (χ1n) is 19.4. The molecule has 0 radical (unpaired) electrons. The lowest BCUT2D eigenvalue weighted by Crippen LogP contribution is -2.60. The van der Waals surface area contributed by atoms with Crippen molar-refractivity contribution in [3.05, 3.63) is 54.1 Å². The summed E-state index contributed by atoms with van der Waals surface area (Å²) in [6.07, 6.45) is 16.3. The normalized spacial score (nSPS) is 20.9. The van der Waals surface area contributed by atoms with Gasteiger partial charge in [-0.05, 0) is 127 Å². The monoisotopic (exact) mass is 675 g/mol. The number of ether oxygens (including phenoxy) is 3. The highest BCUT2D eigenvalue weighted by atomic mass is 16.5. The highest BCUT2D eigenvalue weighted by molar-refractivity contribution is 5.77. The molecule has 0 spiro atoms. The van der Waals surface area contributed by atoms with Gasteiger partial charge >= 0.3 is 11.9 Å². The first kappa shape index (κ1) is 38.9. The highest BCUT2D eigenvalue weighted by Crippen LogP contribution is 2.39. The summed E-state index contributed by atoms with van der Waals surface area (Å²) in [5, 5.41) is 0. The van der Waals surface area contributed by atoms with Gasteiger partial charge in [0.1, 0.15) is 11.9 Å². The minimum Gasteiger partial charge on any atom is -0.494 e. The number of benzene rings is 2. The lowest BCUT2D eigenvalue weighted by atomic mass is 9.77. The molecule has 272 valence electrons. The molecule has 6 heteroatoms. The molecule has 2 fully saturated rings. The van der Waals surface area contributed by atoms with Crippen molar-refractivity contribution in [2.45, 2.75) is 160 Å². The third-order valence-corrected chi connectivity index (χ3v) is 11.3. The number of nitrogens with zero attached hydrogens (tertiary/aromatic N) is 1. The summed E-state index contributed by atoms with van der Waals surface area (Å²) in [6.45, 7) is 12.1. The Balaban J connectivity index is 1.03. The molecule has 0 aromatic heterocycles. The first-order valence-corrected chi connectivity index (χ1v) is 19.4. The number of carbonyl (C=O) groups excluding carboxylic acids is 2. The molecule has 49 heavy (non-hydrogen) atoms. The molecule has 1 aliphatic heterocycles. The van der Waals surface area contributed by atoms with Crippen LogP contribution in [0.2, 0.25) is 0 Å². The van der Waals surface area contributed by atoms with E-state index in [0.717, 1.165) is 56.1 Å². The van der Waals surface area contributed by atoms with Crippen molar-refractivity contribution < 1.29 is 23.8 Å². The number of esters is 2. The molecule has 1 aliphatic carbocycles. The van der Waals surface area contributed by atoms with Gasteiger partial charge < -0.3 is 14.2 Å². The van der Waals surface area contributed by atoms with Crippen molar-refractivity contribution >= 4 is 11.9 Å². The van der Waals surface area contributed by atoms with E-state index in [1.54, 1.807) is 0 Å². The zero-order valence-corrected chi connectivity index (χ0v) is 31.6. The average molecular weight is 676 g/mol. The fourth-order valence-corrected chi connectivity index (χ4v) is 7.98. The van der Waals surface area contributed by atoms with E-state index in [-0.39, 0.29) is 42.0 Å². The van der Waals surface area contributed by atoms with Crippen LogP contribution >= 0.6 is 0 Å². The summed E-state index contributed by atoms with van der Waals surface area (Å²) in [5.41, 5.74) is 3.87. The number of hydrogen-bond acceptors (Lipinski definition) is 6. The van der Waals surface area contributed by atoms with E-state index >= 15 is 0 Å². The fourth-order valence-electron chi connectivity index (χ4n) is 7.98. The summed E-state index contributed by atoms with van der Waals surface area (Å²) < 4.78 is 17.1. The number of likely N-dealkylation sites (tertiary alicyclic amines) is 1. The largest absolute Gasteiger partial charge is 0.494 e. The van der Waals surface area contributed by atoms with E-state index in [1.165, 1.54) is 68.1 Å². The van der Waals surface area contributed by atoms with Crippen LogP contribution in [0, 0.1) is 5.92 Å². The molecule has 0 bridgehead atoms. The van der Waals surface area contributed by atoms with Crippen molar-refractivity contribution in [3.8, 4) is 16.9 Å². The van der Waals surface area contributed by atoms with E-state index in [2.05, 4.69) is 95.1 Å². The van der Waals surface area contributed by atoms with Crippen LogP contribution in [0.15, 0.2) is 48.5 Å². The number of rotatable bonds is 18. The van der Waals surface area contributed by atoms with Gasteiger partial charge in [-0.15, -0.1) is 0 Å². The molecule has 2 aromatic carbocycles. The van der Waals surface area contributed by atoms with Gasteiger partial charge in [-0.1, -0.05) is 69.0 Å². The SMILES string of the molecule is CCCCC[C@H]1CC[C@H](c2ccc(-c3ccc(OCCCCCCOC(=O)CCC(=O)OC4CC(C)(C)N(C)C(C)(C)C4)cc3)cc2)CC1. The standard InChI is InChI=1S/C43H65NO5/c1-7-8-11-14-33-15-17-34(18-16-33)35-19-21-36(22-20-35)37-23-25-38(26-24-37)47-29-12-9-10-13-30-48-40(45)27-28-41(46)49-39-31-42(2,3)44(6)43(4,5)32-39/h19-26,33-34,39H,7-18,27-32H2,1-6H3/t33-,34-. The Morgan fingerprint density at radius 3 is 1.90 bits per heavy atom. The Morgan fingerprint density at radius 1 is 0.714 bits per heavy atom. The van der Waals surface area contributed by atoms with Crippen LogP contribution < -0.4 is 4.74 Å². The zero-order chi connectivity index (χ0) is 35.3. The smallest absolute Gasteiger partial charge is 0.306 e. The van der Waals surface area contributed by atoms with E-state index in [9.17, 15) is 9.59 Å². The molecule has 0 N–H and O–H groups in total. The van der Waals surface area contributed by atoms with Crippen molar-refractivity contribution in [2.24, 2.45) is 5.92 Å². The second kappa shape index (κ2) is 18.9. The minimum atomic E-state index is -0.334. The molecule has 1 heterocycles. The zero-order valence-electron chi connectivity index (χ0n) is 31.6. The van der Waals surface area contributed by atoms with Gasteiger partial charge in [-0.3, -0.25) is 14.5 Å². The Labute approximate surface area is 297 Å². The van der Waals surface area contributed by atoms with Crippen LogP contribution in [-0.4, -0.2) is 54.3 Å². The molecule has 2 aliphatic rings. The molecule has 1 saturated carbocycles. The fraction of sp³-hybridized carbons (Fsp3) is 0.674. The molecule has 1 saturated heterocycles. The van der Waals surface area contributed by atoms with Gasteiger partial charge in [-0.2, -0.15) is 0 Å². The first-order chi connectivity index (χ1) is 23.5. The number of hydrogen-bond donors (Lipinski definition) is 0. The molecule has 0 atom stereocenters. The maximum absolute atomic E-state index is 12.4.